The molecule has 1 unspecified atom stereocenters. The molecule has 1 aliphatic heterocycles. The number of nitrogens with two attached hydrogens (primary N) is 1. The maximum atomic E-state index is 5.86. The minimum absolute atomic E-state index is 0.0424. The molecule has 0 spiro atoms. The molecule has 9 heteroatoms. The molecule has 0 aliphatic carbocycles. The number of nitrogens with zero attached hydrogens (tertiary/aromatic N) is 4. The Balaban J connectivity index is 1.45. The Hall–Kier alpha value is -3.46. The number of rotatable bonds is 5. The van der Waals surface area contributed by atoms with Gasteiger partial charge < -0.3 is 20.8 Å². The smallest absolute Gasteiger partial charge is 0.221 e. The first kappa shape index (κ1) is 17.6. The van der Waals surface area contributed by atoms with Crippen molar-refractivity contribution >= 4 is 28.6 Å². The normalized spacial score (nSPS) is 17.6. The standard InChI is InChI=1S/C20H22N8O/c1-11(12-2-3-15-17(6-12)24-10-23-15)14-8-22-20(21)26-19(14)25-18-7-16(27-28-18)13-4-5-29-9-13/h2-3,6-8,10-11,13H,4-5,9H2,1H3,(H,23,24)(H4,21,22,25,26,27,28)/t11-,13?/m0/s1. The summed E-state index contributed by atoms with van der Waals surface area (Å²) in [6, 6.07) is 8.19. The summed E-state index contributed by atoms with van der Waals surface area (Å²) in [5.74, 6) is 1.95. The Bertz CT molecular complexity index is 1140. The number of imidazole rings is 1. The van der Waals surface area contributed by atoms with Gasteiger partial charge in [-0.15, -0.1) is 0 Å². The predicted molar refractivity (Wildman–Crippen MR) is 110 cm³/mol. The summed E-state index contributed by atoms with van der Waals surface area (Å²) in [4.78, 5) is 16.1. The zero-order valence-electron chi connectivity index (χ0n) is 16.0. The van der Waals surface area contributed by atoms with Crippen LogP contribution in [0, 0.1) is 0 Å². The second-order valence-electron chi connectivity index (χ2n) is 7.33. The summed E-state index contributed by atoms with van der Waals surface area (Å²) in [7, 11) is 0. The van der Waals surface area contributed by atoms with Crippen LogP contribution in [-0.2, 0) is 4.74 Å². The summed E-state index contributed by atoms with van der Waals surface area (Å²) in [6.45, 7) is 3.62. The highest BCUT2D eigenvalue weighted by atomic mass is 16.5. The monoisotopic (exact) mass is 390 g/mol. The number of nitrogen functional groups attached to an aromatic ring is 1. The van der Waals surface area contributed by atoms with Crippen molar-refractivity contribution in [2.75, 3.05) is 24.3 Å². The third-order valence-electron chi connectivity index (χ3n) is 5.46. The summed E-state index contributed by atoms with van der Waals surface area (Å²) >= 11 is 0. The minimum atomic E-state index is 0.0424. The van der Waals surface area contributed by atoms with E-state index in [0.717, 1.165) is 47.5 Å². The Morgan fingerprint density at radius 2 is 2.21 bits per heavy atom. The molecule has 0 saturated carbocycles. The fraction of sp³-hybridized carbons (Fsp3) is 0.300. The zero-order valence-corrected chi connectivity index (χ0v) is 16.0. The molecule has 1 fully saturated rings. The van der Waals surface area contributed by atoms with Crippen LogP contribution in [0.1, 0.15) is 42.0 Å². The third-order valence-corrected chi connectivity index (χ3v) is 5.46. The highest BCUT2D eigenvalue weighted by Crippen LogP contribution is 2.32. The second-order valence-corrected chi connectivity index (χ2v) is 7.33. The van der Waals surface area contributed by atoms with Crippen LogP contribution in [-0.4, -0.2) is 43.3 Å². The molecule has 0 amide bonds. The summed E-state index contributed by atoms with van der Waals surface area (Å²) < 4.78 is 5.47. The molecule has 4 heterocycles. The lowest BCUT2D eigenvalue weighted by molar-refractivity contribution is 0.193. The first-order chi connectivity index (χ1) is 14.2. The van der Waals surface area contributed by atoms with Gasteiger partial charge in [-0.3, -0.25) is 5.10 Å². The molecule has 1 aliphatic rings. The van der Waals surface area contributed by atoms with Gasteiger partial charge in [0.05, 0.1) is 24.0 Å². The number of ether oxygens (including phenoxy) is 1. The Labute approximate surface area is 167 Å². The van der Waals surface area contributed by atoms with Gasteiger partial charge >= 0.3 is 0 Å². The fourth-order valence-electron chi connectivity index (χ4n) is 3.73. The maximum absolute atomic E-state index is 5.86. The highest BCUT2D eigenvalue weighted by molar-refractivity contribution is 5.75. The third kappa shape index (κ3) is 3.40. The van der Waals surface area contributed by atoms with Crippen molar-refractivity contribution in [2.45, 2.75) is 25.2 Å². The first-order valence-corrected chi connectivity index (χ1v) is 9.63. The van der Waals surface area contributed by atoms with E-state index < -0.39 is 0 Å². The topological polar surface area (TPSA) is 130 Å². The second kappa shape index (κ2) is 7.17. The number of fused-ring (bicyclic) bond motifs is 1. The number of hydrogen-bond acceptors (Lipinski definition) is 7. The van der Waals surface area contributed by atoms with Crippen molar-refractivity contribution in [3.8, 4) is 0 Å². The van der Waals surface area contributed by atoms with Crippen LogP contribution in [0.25, 0.3) is 11.0 Å². The molecule has 5 rings (SSSR count). The van der Waals surface area contributed by atoms with Gasteiger partial charge in [0.2, 0.25) is 5.95 Å². The number of hydrogen-bond donors (Lipinski definition) is 4. The van der Waals surface area contributed by atoms with E-state index in [1.807, 2.05) is 12.1 Å². The van der Waals surface area contributed by atoms with E-state index in [9.17, 15) is 0 Å². The molecule has 29 heavy (non-hydrogen) atoms. The van der Waals surface area contributed by atoms with Gasteiger partial charge in [-0.2, -0.15) is 10.1 Å². The summed E-state index contributed by atoms with van der Waals surface area (Å²) in [5.41, 5.74) is 10.9. The number of aromatic amines is 2. The molecular formula is C20H22N8O. The Morgan fingerprint density at radius 3 is 3.07 bits per heavy atom. The fourth-order valence-corrected chi connectivity index (χ4v) is 3.73. The molecule has 4 aromatic rings. The first-order valence-electron chi connectivity index (χ1n) is 9.63. The van der Waals surface area contributed by atoms with Crippen LogP contribution in [0.3, 0.4) is 0 Å². The van der Waals surface area contributed by atoms with E-state index in [-0.39, 0.29) is 11.9 Å². The van der Waals surface area contributed by atoms with Gasteiger partial charge in [-0.1, -0.05) is 13.0 Å². The lowest BCUT2D eigenvalue weighted by Gasteiger charge is -2.16. The van der Waals surface area contributed by atoms with Crippen LogP contribution in [0.5, 0.6) is 0 Å². The van der Waals surface area contributed by atoms with Crippen LogP contribution in [0.15, 0.2) is 36.8 Å². The molecule has 9 nitrogen and oxygen atoms in total. The molecule has 1 aromatic carbocycles. The van der Waals surface area contributed by atoms with E-state index in [4.69, 9.17) is 10.5 Å². The highest BCUT2D eigenvalue weighted by Gasteiger charge is 2.21. The van der Waals surface area contributed by atoms with E-state index in [2.05, 4.69) is 54.5 Å². The molecule has 0 radical (unpaired) electrons. The quantitative estimate of drug-likeness (QED) is 0.412. The Morgan fingerprint density at radius 1 is 1.28 bits per heavy atom. The number of benzene rings is 1. The van der Waals surface area contributed by atoms with Gasteiger partial charge in [0, 0.05) is 42.0 Å². The largest absolute Gasteiger partial charge is 0.381 e. The van der Waals surface area contributed by atoms with Crippen LogP contribution >= 0.6 is 0 Å². The lowest BCUT2D eigenvalue weighted by Crippen LogP contribution is -2.07. The average molecular weight is 390 g/mol. The van der Waals surface area contributed by atoms with E-state index in [0.29, 0.717) is 17.6 Å². The van der Waals surface area contributed by atoms with Crippen molar-refractivity contribution in [3.63, 3.8) is 0 Å². The Kier molecular flexibility index (Phi) is 4.36. The van der Waals surface area contributed by atoms with Gasteiger partial charge in [0.1, 0.15) is 5.82 Å². The molecule has 5 N–H and O–H groups in total. The molecule has 0 bridgehead atoms. The summed E-state index contributed by atoms with van der Waals surface area (Å²) in [6.07, 6.45) is 4.46. The van der Waals surface area contributed by atoms with E-state index in [1.165, 1.54) is 0 Å². The summed E-state index contributed by atoms with van der Waals surface area (Å²) in [5, 5.41) is 10.8. The van der Waals surface area contributed by atoms with E-state index >= 15 is 0 Å². The zero-order chi connectivity index (χ0) is 19.8. The van der Waals surface area contributed by atoms with Gasteiger partial charge in [-0.25, -0.2) is 9.97 Å². The molecule has 3 aromatic heterocycles. The number of aromatic nitrogens is 6. The minimum Gasteiger partial charge on any atom is -0.381 e. The number of anilines is 3. The van der Waals surface area contributed by atoms with Gasteiger partial charge in [-0.05, 0) is 24.1 Å². The predicted octanol–water partition coefficient (Wildman–Crippen LogP) is 3.06. The lowest BCUT2D eigenvalue weighted by atomic mass is 9.94. The van der Waals surface area contributed by atoms with E-state index in [1.54, 1.807) is 12.5 Å². The van der Waals surface area contributed by atoms with Crippen LogP contribution in [0.2, 0.25) is 0 Å². The van der Waals surface area contributed by atoms with Gasteiger partial charge in [0.15, 0.2) is 5.82 Å². The molecule has 148 valence electrons. The van der Waals surface area contributed by atoms with Crippen molar-refractivity contribution < 1.29 is 4.74 Å². The maximum Gasteiger partial charge on any atom is 0.221 e. The average Bonchev–Trinajstić information content (AvgIpc) is 3.48. The SMILES string of the molecule is C[C@@H](c1ccc2[nH]cnc2c1)c1cnc(N)nc1Nc1cc(C2CCOC2)[nH]n1. The van der Waals surface area contributed by atoms with Crippen molar-refractivity contribution in [3.05, 3.63) is 53.6 Å². The van der Waals surface area contributed by atoms with Crippen LogP contribution in [0.4, 0.5) is 17.6 Å². The van der Waals surface area contributed by atoms with Crippen LogP contribution < -0.4 is 11.1 Å². The number of H-pyrrole nitrogens is 2. The molecule has 1 saturated heterocycles. The van der Waals surface area contributed by atoms with Crippen molar-refractivity contribution in [2.24, 2.45) is 0 Å². The van der Waals surface area contributed by atoms with Crippen molar-refractivity contribution in [1.29, 1.82) is 0 Å². The molecular weight excluding hydrogens is 368 g/mol. The van der Waals surface area contributed by atoms with Gasteiger partial charge in [0.25, 0.3) is 0 Å². The van der Waals surface area contributed by atoms with Crippen molar-refractivity contribution in [1.82, 2.24) is 30.1 Å². The molecule has 2 atom stereocenters. The number of nitrogens with one attached hydrogen (secondary N) is 3.